The predicted octanol–water partition coefficient (Wildman–Crippen LogP) is 3.24. The van der Waals surface area contributed by atoms with E-state index in [1.807, 2.05) is 6.92 Å². The minimum absolute atomic E-state index is 0.0456. The first-order valence-corrected chi connectivity index (χ1v) is 5.89. The number of aromatic nitrogens is 2. The van der Waals surface area contributed by atoms with E-state index < -0.39 is 11.6 Å². The van der Waals surface area contributed by atoms with Crippen LogP contribution in [0.5, 0.6) is 0 Å². The Hall–Kier alpha value is -2.24. The highest BCUT2D eigenvalue weighted by atomic mass is 19.1. The van der Waals surface area contributed by atoms with Gasteiger partial charge in [-0.3, -0.25) is 0 Å². The molecule has 0 bridgehead atoms. The van der Waals surface area contributed by atoms with Crippen molar-refractivity contribution in [1.82, 2.24) is 9.97 Å². The minimum Gasteiger partial charge on any atom is -0.354 e. The molecule has 0 saturated carbocycles. The van der Waals surface area contributed by atoms with Crippen LogP contribution in [0.2, 0.25) is 0 Å². The molecule has 1 heterocycles. The molecule has 100 valence electrons. The van der Waals surface area contributed by atoms with Crippen LogP contribution < -0.4 is 10.6 Å². The summed E-state index contributed by atoms with van der Waals surface area (Å²) in [6, 6.07) is 3.22. The average Bonchev–Trinajstić information content (AvgIpc) is 2.38. The molecule has 0 aliphatic carbocycles. The van der Waals surface area contributed by atoms with E-state index in [0.29, 0.717) is 18.3 Å². The Kier molecular flexibility index (Phi) is 3.89. The second-order valence-corrected chi connectivity index (χ2v) is 4.00. The Morgan fingerprint density at radius 2 is 2.05 bits per heavy atom. The van der Waals surface area contributed by atoms with E-state index in [1.165, 1.54) is 0 Å². The summed E-state index contributed by atoms with van der Waals surface area (Å²) in [5.74, 6) is -0.171. The summed E-state index contributed by atoms with van der Waals surface area (Å²) in [6.45, 7) is 4.38. The molecule has 2 aromatic rings. The lowest BCUT2D eigenvalue weighted by atomic mass is 10.2. The normalized spacial score (nSPS) is 10.3. The molecule has 6 heteroatoms. The van der Waals surface area contributed by atoms with Crippen LogP contribution in [0.1, 0.15) is 12.5 Å². The van der Waals surface area contributed by atoms with Gasteiger partial charge in [-0.2, -0.15) is 4.98 Å². The Labute approximate surface area is 109 Å². The van der Waals surface area contributed by atoms with Gasteiger partial charge < -0.3 is 10.6 Å². The number of nitrogens with zero attached hydrogens (tertiary/aromatic N) is 2. The van der Waals surface area contributed by atoms with E-state index >= 15 is 0 Å². The van der Waals surface area contributed by atoms with Crippen molar-refractivity contribution in [1.29, 1.82) is 0 Å². The van der Waals surface area contributed by atoms with Crippen molar-refractivity contribution in [2.24, 2.45) is 0 Å². The maximum atomic E-state index is 13.5. The third-order valence-electron chi connectivity index (χ3n) is 2.49. The zero-order valence-corrected chi connectivity index (χ0v) is 10.7. The van der Waals surface area contributed by atoms with Crippen molar-refractivity contribution >= 4 is 17.5 Å². The quantitative estimate of drug-likeness (QED) is 0.890. The predicted molar refractivity (Wildman–Crippen MR) is 70.6 cm³/mol. The number of nitrogens with one attached hydrogen (secondary N) is 2. The summed E-state index contributed by atoms with van der Waals surface area (Å²) in [4.78, 5) is 8.29. The molecule has 0 radical (unpaired) electrons. The molecule has 0 aliphatic rings. The fourth-order valence-electron chi connectivity index (χ4n) is 1.53. The first kappa shape index (κ1) is 13.2. The van der Waals surface area contributed by atoms with Crippen LogP contribution in [0.3, 0.4) is 0 Å². The lowest BCUT2D eigenvalue weighted by Gasteiger charge is -2.11. The van der Waals surface area contributed by atoms with Crippen LogP contribution in [-0.2, 0) is 0 Å². The molecule has 0 saturated heterocycles. The van der Waals surface area contributed by atoms with Gasteiger partial charge in [-0.25, -0.2) is 13.8 Å². The Bertz CT molecular complexity index is 587. The molecule has 0 fully saturated rings. The fraction of sp³-hybridized carbons (Fsp3) is 0.231. The smallest absolute Gasteiger partial charge is 0.224 e. The van der Waals surface area contributed by atoms with E-state index in [9.17, 15) is 8.78 Å². The molecule has 19 heavy (non-hydrogen) atoms. The second-order valence-electron chi connectivity index (χ2n) is 4.00. The van der Waals surface area contributed by atoms with Crippen molar-refractivity contribution < 1.29 is 8.78 Å². The van der Waals surface area contributed by atoms with Gasteiger partial charge in [0.15, 0.2) is 0 Å². The molecule has 2 rings (SSSR count). The molecule has 4 nitrogen and oxygen atoms in total. The molecule has 1 aromatic heterocycles. The van der Waals surface area contributed by atoms with Gasteiger partial charge >= 0.3 is 0 Å². The molecule has 1 aromatic carbocycles. The van der Waals surface area contributed by atoms with Crippen LogP contribution in [0.25, 0.3) is 0 Å². The highest BCUT2D eigenvalue weighted by molar-refractivity contribution is 5.60. The summed E-state index contributed by atoms with van der Waals surface area (Å²) < 4.78 is 26.6. The molecule has 0 amide bonds. The summed E-state index contributed by atoms with van der Waals surface area (Å²) in [5.41, 5.74) is 0.787. The Morgan fingerprint density at radius 3 is 2.79 bits per heavy atom. The number of hydrogen-bond donors (Lipinski definition) is 2. The Balaban J connectivity index is 2.31. The SMILES string of the molecule is CCNc1ncc(C)c(Nc2cc(F)ccc2F)n1. The van der Waals surface area contributed by atoms with Crippen LogP contribution in [-0.4, -0.2) is 16.5 Å². The van der Waals surface area contributed by atoms with Gasteiger partial charge in [0, 0.05) is 24.4 Å². The molecule has 0 spiro atoms. The van der Waals surface area contributed by atoms with Gasteiger partial charge in [-0.15, -0.1) is 0 Å². The lowest BCUT2D eigenvalue weighted by Crippen LogP contribution is -2.06. The zero-order valence-electron chi connectivity index (χ0n) is 10.7. The lowest BCUT2D eigenvalue weighted by molar-refractivity contribution is 0.603. The molecular formula is C13H14F2N4. The van der Waals surface area contributed by atoms with Gasteiger partial charge in [0.1, 0.15) is 17.5 Å². The van der Waals surface area contributed by atoms with E-state index in [4.69, 9.17) is 0 Å². The first-order valence-electron chi connectivity index (χ1n) is 5.89. The highest BCUT2D eigenvalue weighted by Gasteiger charge is 2.08. The number of rotatable bonds is 4. The van der Waals surface area contributed by atoms with Gasteiger partial charge in [-0.05, 0) is 26.0 Å². The fourth-order valence-corrected chi connectivity index (χ4v) is 1.53. The number of anilines is 3. The summed E-state index contributed by atoms with van der Waals surface area (Å²) in [6.07, 6.45) is 1.62. The second kappa shape index (κ2) is 5.60. The van der Waals surface area contributed by atoms with Gasteiger partial charge in [0.25, 0.3) is 0 Å². The zero-order chi connectivity index (χ0) is 13.8. The maximum Gasteiger partial charge on any atom is 0.224 e. The van der Waals surface area contributed by atoms with Crippen molar-refractivity contribution in [2.45, 2.75) is 13.8 Å². The van der Waals surface area contributed by atoms with Gasteiger partial charge in [-0.1, -0.05) is 0 Å². The van der Waals surface area contributed by atoms with Crippen LogP contribution >= 0.6 is 0 Å². The molecular weight excluding hydrogens is 250 g/mol. The third-order valence-corrected chi connectivity index (χ3v) is 2.49. The number of halogens is 2. The van der Waals surface area contributed by atoms with Crippen LogP contribution in [0.4, 0.5) is 26.2 Å². The summed E-state index contributed by atoms with van der Waals surface area (Å²) in [7, 11) is 0. The number of aryl methyl sites for hydroxylation is 1. The van der Waals surface area contributed by atoms with Crippen LogP contribution in [0.15, 0.2) is 24.4 Å². The average molecular weight is 264 g/mol. The highest BCUT2D eigenvalue weighted by Crippen LogP contribution is 2.22. The largest absolute Gasteiger partial charge is 0.354 e. The molecule has 2 N–H and O–H groups in total. The minimum atomic E-state index is -0.538. The summed E-state index contributed by atoms with van der Waals surface area (Å²) >= 11 is 0. The van der Waals surface area contributed by atoms with Crippen molar-refractivity contribution in [3.63, 3.8) is 0 Å². The molecule has 0 atom stereocenters. The van der Waals surface area contributed by atoms with Gasteiger partial charge in [0.05, 0.1) is 5.69 Å². The molecule has 0 aliphatic heterocycles. The van der Waals surface area contributed by atoms with E-state index in [1.54, 1.807) is 13.1 Å². The monoisotopic (exact) mass is 264 g/mol. The number of hydrogen-bond acceptors (Lipinski definition) is 4. The Morgan fingerprint density at radius 1 is 1.26 bits per heavy atom. The standard InChI is InChI=1S/C13H14F2N4/c1-3-16-13-17-7-8(2)12(19-13)18-11-6-9(14)4-5-10(11)15/h4-7H,3H2,1-2H3,(H2,16,17,18,19). The topological polar surface area (TPSA) is 49.8 Å². The third kappa shape index (κ3) is 3.15. The van der Waals surface area contributed by atoms with Crippen molar-refractivity contribution in [3.8, 4) is 0 Å². The molecule has 0 unspecified atom stereocenters. The first-order chi connectivity index (χ1) is 9.10. The summed E-state index contributed by atoms with van der Waals surface area (Å²) in [5, 5.41) is 5.73. The van der Waals surface area contributed by atoms with Crippen molar-refractivity contribution in [3.05, 3.63) is 41.6 Å². The van der Waals surface area contributed by atoms with E-state index in [-0.39, 0.29) is 5.69 Å². The van der Waals surface area contributed by atoms with Crippen LogP contribution in [0, 0.1) is 18.6 Å². The van der Waals surface area contributed by atoms with Crippen molar-refractivity contribution in [2.75, 3.05) is 17.2 Å². The number of benzene rings is 1. The maximum absolute atomic E-state index is 13.5. The van der Waals surface area contributed by atoms with E-state index in [2.05, 4.69) is 20.6 Å². The van der Waals surface area contributed by atoms with Gasteiger partial charge in [0.2, 0.25) is 5.95 Å². The van der Waals surface area contributed by atoms with E-state index in [0.717, 1.165) is 23.8 Å².